The average molecular weight is 434 g/mol. The number of rotatable bonds is 6. The molecule has 2 aromatic rings. The number of carbonyl (C=O) groups is 1. The van der Waals surface area contributed by atoms with Gasteiger partial charge >= 0.3 is 0 Å². The summed E-state index contributed by atoms with van der Waals surface area (Å²) in [7, 11) is 0. The van der Waals surface area contributed by atoms with Crippen molar-refractivity contribution < 1.29 is 4.79 Å². The zero-order valence-electron chi connectivity index (χ0n) is 20.0. The third-order valence-corrected chi connectivity index (χ3v) is 7.51. The molecular formula is C28H39N3O. The monoisotopic (exact) mass is 433 g/mol. The van der Waals surface area contributed by atoms with E-state index >= 15 is 0 Å². The highest BCUT2D eigenvalue weighted by molar-refractivity contribution is 5.79. The van der Waals surface area contributed by atoms with E-state index in [0.717, 1.165) is 51.5 Å². The molecule has 2 heterocycles. The van der Waals surface area contributed by atoms with Crippen LogP contribution in [-0.2, 0) is 11.3 Å². The van der Waals surface area contributed by atoms with E-state index in [1.807, 2.05) is 0 Å². The Hall–Kier alpha value is -2.33. The maximum Gasteiger partial charge on any atom is 0.223 e. The third kappa shape index (κ3) is 5.72. The van der Waals surface area contributed by atoms with Gasteiger partial charge in [0.15, 0.2) is 0 Å². The van der Waals surface area contributed by atoms with Crippen molar-refractivity contribution in [2.45, 2.75) is 59.0 Å². The number of nitrogens with zero attached hydrogens (tertiary/aromatic N) is 2. The van der Waals surface area contributed by atoms with Crippen LogP contribution < -0.4 is 10.2 Å². The van der Waals surface area contributed by atoms with Crippen molar-refractivity contribution in [3.8, 4) is 0 Å². The Morgan fingerprint density at radius 3 is 2.28 bits per heavy atom. The molecule has 0 spiro atoms. The first kappa shape index (κ1) is 22.8. The molecule has 2 aliphatic rings. The number of hydrogen-bond acceptors (Lipinski definition) is 3. The van der Waals surface area contributed by atoms with Gasteiger partial charge in [0.2, 0.25) is 5.91 Å². The maximum atomic E-state index is 12.9. The van der Waals surface area contributed by atoms with Gasteiger partial charge in [-0.2, -0.15) is 0 Å². The number of aryl methyl sites for hydroxylation is 1. The van der Waals surface area contributed by atoms with Crippen LogP contribution in [0.5, 0.6) is 0 Å². The number of benzene rings is 2. The van der Waals surface area contributed by atoms with Crippen LogP contribution in [-0.4, -0.2) is 37.0 Å². The topological polar surface area (TPSA) is 35.6 Å². The molecule has 1 atom stereocenters. The smallest absolute Gasteiger partial charge is 0.223 e. The van der Waals surface area contributed by atoms with E-state index in [1.165, 1.54) is 35.2 Å². The molecule has 0 unspecified atom stereocenters. The highest BCUT2D eigenvalue weighted by Crippen LogP contribution is 2.26. The van der Waals surface area contributed by atoms with E-state index in [-0.39, 0.29) is 17.9 Å². The van der Waals surface area contributed by atoms with E-state index in [4.69, 9.17) is 0 Å². The second-order valence-electron chi connectivity index (χ2n) is 9.97. The summed E-state index contributed by atoms with van der Waals surface area (Å²) in [5, 5.41) is 3.27. The maximum absolute atomic E-state index is 12.9. The Labute approximate surface area is 194 Å². The lowest BCUT2D eigenvalue weighted by Crippen LogP contribution is -2.41. The predicted molar refractivity (Wildman–Crippen MR) is 133 cm³/mol. The lowest BCUT2D eigenvalue weighted by Gasteiger charge is -2.33. The summed E-state index contributed by atoms with van der Waals surface area (Å²) in [5.41, 5.74) is 5.23. The number of amides is 1. The fourth-order valence-corrected chi connectivity index (χ4v) is 5.04. The quantitative estimate of drug-likeness (QED) is 0.670. The number of anilines is 1. The van der Waals surface area contributed by atoms with Crippen LogP contribution in [0.25, 0.3) is 0 Å². The summed E-state index contributed by atoms with van der Waals surface area (Å²) in [6.45, 7) is 11.9. The number of carbonyl (C=O) groups excluding carboxylic acids is 1. The van der Waals surface area contributed by atoms with Crippen molar-refractivity contribution in [1.82, 2.24) is 10.2 Å². The van der Waals surface area contributed by atoms with Crippen molar-refractivity contribution in [2.75, 3.05) is 31.1 Å². The molecule has 0 bridgehead atoms. The van der Waals surface area contributed by atoms with Gasteiger partial charge in [0.05, 0.1) is 6.04 Å². The zero-order valence-corrected chi connectivity index (χ0v) is 20.0. The van der Waals surface area contributed by atoms with Crippen LogP contribution >= 0.6 is 0 Å². The Morgan fingerprint density at radius 2 is 1.62 bits per heavy atom. The van der Waals surface area contributed by atoms with Gasteiger partial charge < -0.3 is 10.2 Å². The van der Waals surface area contributed by atoms with Gasteiger partial charge in [0, 0.05) is 31.2 Å². The molecule has 4 heteroatoms. The fourth-order valence-electron chi connectivity index (χ4n) is 5.04. The third-order valence-electron chi connectivity index (χ3n) is 7.51. The Balaban J connectivity index is 1.24. The van der Waals surface area contributed by atoms with Crippen LogP contribution in [0, 0.1) is 18.8 Å². The van der Waals surface area contributed by atoms with Crippen molar-refractivity contribution in [2.24, 2.45) is 11.8 Å². The van der Waals surface area contributed by atoms with Gasteiger partial charge in [-0.05, 0) is 87.4 Å². The molecule has 172 valence electrons. The lowest BCUT2D eigenvalue weighted by molar-refractivity contribution is -0.127. The van der Waals surface area contributed by atoms with Crippen LogP contribution in [0.4, 0.5) is 5.69 Å². The summed E-state index contributed by atoms with van der Waals surface area (Å²) < 4.78 is 0. The minimum absolute atomic E-state index is 0.0444. The van der Waals surface area contributed by atoms with E-state index in [2.05, 4.69) is 84.4 Å². The molecule has 32 heavy (non-hydrogen) atoms. The lowest BCUT2D eigenvalue weighted by atomic mass is 9.94. The van der Waals surface area contributed by atoms with Gasteiger partial charge in [-0.15, -0.1) is 0 Å². The minimum atomic E-state index is 0.0444. The second kappa shape index (κ2) is 10.5. The largest absolute Gasteiger partial charge is 0.372 e. The summed E-state index contributed by atoms with van der Waals surface area (Å²) in [4.78, 5) is 17.9. The SMILES string of the molecule is Cc1ccccc1CN1CCC(C(=O)N[C@@H](C)c2ccc(N3CCC(C)CC3)cc2)CC1. The molecule has 2 aromatic carbocycles. The Kier molecular flexibility index (Phi) is 7.51. The van der Waals surface area contributed by atoms with Crippen LogP contribution in [0.3, 0.4) is 0 Å². The number of piperidine rings is 2. The number of hydrogen-bond donors (Lipinski definition) is 1. The van der Waals surface area contributed by atoms with E-state index in [0.29, 0.717) is 0 Å². The van der Waals surface area contributed by atoms with Crippen molar-refractivity contribution in [1.29, 1.82) is 0 Å². The second-order valence-corrected chi connectivity index (χ2v) is 9.97. The first-order valence-corrected chi connectivity index (χ1v) is 12.4. The fraction of sp³-hybridized carbons (Fsp3) is 0.536. The van der Waals surface area contributed by atoms with Gasteiger partial charge in [0.1, 0.15) is 0 Å². The summed E-state index contributed by atoms with van der Waals surface area (Å²) in [6.07, 6.45) is 4.43. The van der Waals surface area contributed by atoms with Crippen molar-refractivity contribution in [3.63, 3.8) is 0 Å². The number of likely N-dealkylation sites (tertiary alicyclic amines) is 1. The molecule has 0 saturated carbocycles. The minimum Gasteiger partial charge on any atom is -0.372 e. The van der Waals surface area contributed by atoms with Crippen molar-refractivity contribution in [3.05, 3.63) is 65.2 Å². The molecule has 0 aliphatic carbocycles. The normalized spacial score (nSPS) is 19.7. The first-order valence-electron chi connectivity index (χ1n) is 12.4. The Morgan fingerprint density at radius 1 is 0.969 bits per heavy atom. The summed E-state index contributed by atoms with van der Waals surface area (Å²) in [6, 6.07) is 17.5. The van der Waals surface area contributed by atoms with Gasteiger partial charge in [-0.25, -0.2) is 0 Å². The molecular weight excluding hydrogens is 394 g/mol. The van der Waals surface area contributed by atoms with Crippen molar-refractivity contribution >= 4 is 11.6 Å². The molecule has 1 N–H and O–H groups in total. The molecule has 2 fully saturated rings. The van der Waals surface area contributed by atoms with E-state index in [9.17, 15) is 4.79 Å². The molecule has 4 rings (SSSR count). The molecule has 0 radical (unpaired) electrons. The van der Waals surface area contributed by atoms with E-state index < -0.39 is 0 Å². The highest BCUT2D eigenvalue weighted by atomic mass is 16.1. The van der Waals surface area contributed by atoms with Gasteiger partial charge in [-0.3, -0.25) is 9.69 Å². The average Bonchev–Trinajstić information content (AvgIpc) is 2.81. The molecule has 0 aromatic heterocycles. The highest BCUT2D eigenvalue weighted by Gasteiger charge is 2.26. The van der Waals surface area contributed by atoms with Gasteiger partial charge in [0.25, 0.3) is 0 Å². The summed E-state index contributed by atoms with van der Waals surface area (Å²) in [5.74, 6) is 1.18. The molecule has 1 amide bonds. The van der Waals surface area contributed by atoms with Gasteiger partial charge in [-0.1, -0.05) is 43.3 Å². The van der Waals surface area contributed by atoms with E-state index in [1.54, 1.807) is 0 Å². The van der Waals surface area contributed by atoms with Crippen LogP contribution in [0.15, 0.2) is 48.5 Å². The molecule has 2 saturated heterocycles. The standard InChI is InChI=1S/C28H39N3O/c1-21-12-18-31(19-13-21)27-10-8-24(9-11-27)23(3)29-28(32)25-14-16-30(17-15-25)20-26-7-5-4-6-22(26)2/h4-11,21,23,25H,12-20H2,1-3H3,(H,29,32)/t23-/m0/s1. The zero-order chi connectivity index (χ0) is 22.5. The summed E-state index contributed by atoms with van der Waals surface area (Å²) >= 11 is 0. The Bertz CT molecular complexity index is 878. The predicted octanol–water partition coefficient (Wildman–Crippen LogP) is 5.32. The first-order chi connectivity index (χ1) is 15.5. The number of nitrogens with one attached hydrogen (secondary N) is 1. The van der Waals surface area contributed by atoms with Crippen LogP contribution in [0.2, 0.25) is 0 Å². The molecule has 2 aliphatic heterocycles. The van der Waals surface area contributed by atoms with Crippen LogP contribution in [0.1, 0.15) is 62.3 Å². The molecule has 4 nitrogen and oxygen atoms in total.